The van der Waals surface area contributed by atoms with Crippen LogP contribution in [0.2, 0.25) is 0 Å². The van der Waals surface area contributed by atoms with Gasteiger partial charge in [-0.1, -0.05) is 13.8 Å². The Morgan fingerprint density at radius 1 is 1.47 bits per heavy atom. The van der Waals surface area contributed by atoms with Crippen LogP contribution in [0.3, 0.4) is 0 Å². The average Bonchev–Trinajstić information content (AvgIpc) is 2.37. The van der Waals surface area contributed by atoms with Gasteiger partial charge in [0.1, 0.15) is 0 Å². The molecule has 0 aliphatic carbocycles. The van der Waals surface area contributed by atoms with Crippen LogP contribution in [-0.2, 0) is 0 Å². The van der Waals surface area contributed by atoms with Crippen LogP contribution in [-0.4, -0.2) is 53.5 Å². The van der Waals surface area contributed by atoms with Crippen molar-refractivity contribution in [2.75, 3.05) is 26.2 Å². The zero-order valence-electron chi connectivity index (χ0n) is 12.1. The van der Waals surface area contributed by atoms with Crippen molar-refractivity contribution in [2.24, 2.45) is 11.8 Å². The molecular weight excluding hydrogens is 244 g/mol. The van der Waals surface area contributed by atoms with E-state index in [1.54, 1.807) is 0 Å². The molecule has 1 aliphatic heterocycles. The molecule has 1 amide bonds. The van der Waals surface area contributed by atoms with Crippen molar-refractivity contribution < 1.29 is 15.0 Å². The molecule has 0 aromatic carbocycles. The number of nitrogens with one attached hydrogen (secondary N) is 1. The number of rotatable bonds is 7. The molecule has 0 aromatic rings. The number of hydrogen-bond acceptors (Lipinski definition) is 3. The molecule has 5 nitrogen and oxygen atoms in total. The van der Waals surface area contributed by atoms with Crippen LogP contribution in [0.1, 0.15) is 39.5 Å². The van der Waals surface area contributed by atoms with E-state index in [0.717, 1.165) is 38.8 Å². The summed E-state index contributed by atoms with van der Waals surface area (Å²) < 4.78 is 0. The lowest BCUT2D eigenvalue weighted by molar-refractivity contribution is 0.0451. The molecule has 1 rings (SSSR count). The molecule has 0 aromatic heterocycles. The van der Waals surface area contributed by atoms with Gasteiger partial charge in [0.25, 0.3) is 0 Å². The van der Waals surface area contributed by atoms with Crippen LogP contribution in [0, 0.1) is 11.8 Å². The summed E-state index contributed by atoms with van der Waals surface area (Å²) in [5.41, 5.74) is 0. The van der Waals surface area contributed by atoms with Gasteiger partial charge in [0, 0.05) is 19.0 Å². The summed E-state index contributed by atoms with van der Waals surface area (Å²) in [5, 5.41) is 22.5. The maximum atomic E-state index is 10.9. The predicted octanol–water partition coefficient (Wildman–Crippen LogP) is 1.76. The monoisotopic (exact) mass is 272 g/mol. The lowest BCUT2D eigenvalue weighted by Gasteiger charge is -2.33. The number of amides is 1. The SMILES string of the molecule is CC(C)CNCCCC(O)C1CCCN(C(=O)O)C1. The van der Waals surface area contributed by atoms with E-state index in [1.165, 1.54) is 4.90 Å². The van der Waals surface area contributed by atoms with Crippen LogP contribution in [0.15, 0.2) is 0 Å². The molecule has 0 saturated carbocycles. The van der Waals surface area contributed by atoms with Crippen molar-refractivity contribution in [2.45, 2.75) is 45.6 Å². The van der Waals surface area contributed by atoms with E-state index in [1.807, 2.05) is 0 Å². The van der Waals surface area contributed by atoms with Gasteiger partial charge < -0.3 is 20.4 Å². The number of nitrogens with zero attached hydrogens (tertiary/aromatic N) is 1. The summed E-state index contributed by atoms with van der Waals surface area (Å²) in [4.78, 5) is 12.3. The van der Waals surface area contributed by atoms with Crippen molar-refractivity contribution in [3.8, 4) is 0 Å². The first-order valence-electron chi connectivity index (χ1n) is 7.37. The molecule has 1 fully saturated rings. The molecular formula is C14H28N2O3. The Bertz CT molecular complexity index is 271. The number of aliphatic hydroxyl groups excluding tert-OH is 1. The number of piperidine rings is 1. The predicted molar refractivity (Wildman–Crippen MR) is 75.3 cm³/mol. The molecule has 1 heterocycles. The van der Waals surface area contributed by atoms with E-state index in [9.17, 15) is 9.90 Å². The summed E-state index contributed by atoms with van der Waals surface area (Å²) >= 11 is 0. The van der Waals surface area contributed by atoms with Crippen LogP contribution in [0.25, 0.3) is 0 Å². The molecule has 5 heteroatoms. The second kappa shape index (κ2) is 8.38. The lowest BCUT2D eigenvalue weighted by atomic mass is 9.90. The number of aliphatic hydroxyl groups is 1. The van der Waals surface area contributed by atoms with Crippen LogP contribution in [0.5, 0.6) is 0 Å². The molecule has 3 N–H and O–H groups in total. The zero-order chi connectivity index (χ0) is 14.3. The normalized spacial score (nSPS) is 21.7. The minimum atomic E-state index is -0.865. The first-order chi connectivity index (χ1) is 9.00. The van der Waals surface area contributed by atoms with Crippen molar-refractivity contribution in [3.63, 3.8) is 0 Å². The molecule has 19 heavy (non-hydrogen) atoms. The van der Waals surface area contributed by atoms with Gasteiger partial charge in [0.15, 0.2) is 0 Å². The summed E-state index contributed by atoms with van der Waals surface area (Å²) in [5.74, 6) is 0.752. The topological polar surface area (TPSA) is 72.8 Å². The number of hydrogen-bond donors (Lipinski definition) is 3. The highest BCUT2D eigenvalue weighted by Gasteiger charge is 2.27. The number of carbonyl (C=O) groups is 1. The average molecular weight is 272 g/mol. The summed E-state index contributed by atoms with van der Waals surface area (Å²) in [7, 11) is 0. The molecule has 0 bridgehead atoms. The van der Waals surface area contributed by atoms with Gasteiger partial charge >= 0.3 is 6.09 Å². The molecule has 0 spiro atoms. The van der Waals surface area contributed by atoms with E-state index in [-0.39, 0.29) is 12.0 Å². The Kier molecular flexibility index (Phi) is 7.16. The van der Waals surface area contributed by atoms with E-state index < -0.39 is 6.09 Å². The minimum absolute atomic E-state index is 0.106. The van der Waals surface area contributed by atoms with E-state index in [4.69, 9.17) is 5.11 Å². The van der Waals surface area contributed by atoms with Gasteiger partial charge in [-0.25, -0.2) is 4.79 Å². The van der Waals surface area contributed by atoms with Crippen LogP contribution in [0.4, 0.5) is 4.79 Å². The molecule has 2 atom stereocenters. The highest BCUT2D eigenvalue weighted by atomic mass is 16.4. The number of likely N-dealkylation sites (tertiary alicyclic amines) is 1. The third kappa shape index (κ3) is 6.25. The largest absolute Gasteiger partial charge is 0.465 e. The molecule has 112 valence electrons. The Morgan fingerprint density at radius 3 is 2.84 bits per heavy atom. The van der Waals surface area contributed by atoms with Crippen molar-refractivity contribution >= 4 is 6.09 Å². The Hall–Kier alpha value is -0.810. The molecule has 1 saturated heterocycles. The first kappa shape index (κ1) is 16.2. The highest BCUT2D eigenvalue weighted by molar-refractivity contribution is 5.65. The molecule has 0 radical (unpaired) electrons. The van der Waals surface area contributed by atoms with Crippen LogP contribution < -0.4 is 5.32 Å². The van der Waals surface area contributed by atoms with Crippen LogP contribution >= 0.6 is 0 Å². The first-order valence-corrected chi connectivity index (χ1v) is 7.37. The van der Waals surface area contributed by atoms with Gasteiger partial charge in [-0.05, 0) is 44.7 Å². The van der Waals surface area contributed by atoms with Gasteiger partial charge in [-0.15, -0.1) is 0 Å². The van der Waals surface area contributed by atoms with Crippen molar-refractivity contribution in [1.82, 2.24) is 10.2 Å². The fourth-order valence-corrected chi connectivity index (χ4v) is 2.56. The van der Waals surface area contributed by atoms with E-state index in [0.29, 0.717) is 19.0 Å². The van der Waals surface area contributed by atoms with Crippen molar-refractivity contribution in [1.29, 1.82) is 0 Å². The summed E-state index contributed by atoms with van der Waals surface area (Å²) in [6.07, 6.45) is 2.25. The minimum Gasteiger partial charge on any atom is -0.465 e. The Balaban J connectivity index is 2.18. The third-order valence-electron chi connectivity index (χ3n) is 3.68. The Morgan fingerprint density at radius 2 is 2.21 bits per heavy atom. The summed E-state index contributed by atoms with van der Waals surface area (Å²) in [6.45, 7) is 7.36. The van der Waals surface area contributed by atoms with Gasteiger partial charge in [0.05, 0.1) is 6.10 Å². The van der Waals surface area contributed by atoms with Gasteiger partial charge in [-0.3, -0.25) is 0 Å². The second-order valence-electron chi connectivity index (χ2n) is 5.94. The smallest absolute Gasteiger partial charge is 0.407 e. The Labute approximate surface area is 116 Å². The third-order valence-corrected chi connectivity index (χ3v) is 3.68. The quantitative estimate of drug-likeness (QED) is 0.618. The highest BCUT2D eigenvalue weighted by Crippen LogP contribution is 2.22. The van der Waals surface area contributed by atoms with E-state index in [2.05, 4.69) is 19.2 Å². The maximum Gasteiger partial charge on any atom is 0.407 e. The lowest BCUT2D eigenvalue weighted by Crippen LogP contribution is -2.43. The molecule has 1 aliphatic rings. The second-order valence-corrected chi connectivity index (χ2v) is 5.94. The summed E-state index contributed by atoms with van der Waals surface area (Å²) in [6, 6.07) is 0. The van der Waals surface area contributed by atoms with Crippen molar-refractivity contribution in [3.05, 3.63) is 0 Å². The fourth-order valence-electron chi connectivity index (χ4n) is 2.56. The van der Waals surface area contributed by atoms with Gasteiger partial charge in [0.2, 0.25) is 0 Å². The van der Waals surface area contributed by atoms with Gasteiger partial charge in [-0.2, -0.15) is 0 Å². The zero-order valence-corrected chi connectivity index (χ0v) is 12.1. The molecule has 2 unspecified atom stereocenters. The van der Waals surface area contributed by atoms with E-state index >= 15 is 0 Å². The fraction of sp³-hybridized carbons (Fsp3) is 0.929. The standard InChI is InChI=1S/C14H28N2O3/c1-11(2)9-15-7-3-6-13(17)12-5-4-8-16(10-12)14(18)19/h11-13,15,17H,3-10H2,1-2H3,(H,18,19). The number of carboxylic acid groups (broad SMARTS) is 1. The maximum absolute atomic E-state index is 10.9.